The third-order valence-electron chi connectivity index (χ3n) is 2.46. The molecular formula is C11H13N5O2S. The molecule has 2 heterocycles. The summed E-state index contributed by atoms with van der Waals surface area (Å²) in [7, 11) is 0. The van der Waals surface area contributed by atoms with E-state index in [1.807, 2.05) is 24.4 Å². The van der Waals surface area contributed by atoms with Crippen molar-refractivity contribution in [3.63, 3.8) is 0 Å². The first-order valence-electron chi connectivity index (χ1n) is 5.62. The molecule has 2 aromatic heterocycles. The van der Waals surface area contributed by atoms with Crippen LogP contribution in [0.5, 0.6) is 0 Å². The average Bonchev–Trinajstić information content (AvgIpc) is 2.81. The zero-order chi connectivity index (χ0) is 13.8. The Hall–Kier alpha value is -2.22. The summed E-state index contributed by atoms with van der Waals surface area (Å²) in [5, 5.41) is 15.9. The van der Waals surface area contributed by atoms with Gasteiger partial charge in [0.25, 0.3) is 0 Å². The fraction of sp³-hybridized carbons (Fsp3) is 0.273. The lowest BCUT2D eigenvalue weighted by molar-refractivity contribution is -0.384. The maximum atomic E-state index is 10.9. The van der Waals surface area contributed by atoms with E-state index >= 15 is 0 Å². The first-order chi connectivity index (χ1) is 9.06. The third-order valence-corrected chi connectivity index (χ3v) is 3.35. The lowest BCUT2D eigenvalue weighted by atomic mass is 10.2. The lowest BCUT2D eigenvalue weighted by Gasteiger charge is -2.13. The van der Waals surface area contributed by atoms with Crippen molar-refractivity contribution in [1.29, 1.82) is 0 Å². The molecule has 0 aliphatic carbocycles. The average molecular weight is 279 g/mol. The summed E-state index contributed by atoms with van der Waals surface area (Å²) < 4.78 is 0. The van der Waals surface area contributed by atoms with Crippen LogP contribution in [-0.2, 0) is 6.42 Å². The highest BCUT2D eigenvalue weighted by Crippen LogP contribution is 2.23. The van der Waals surface area contributed by atoms with E-state index in [0.717, 1.165) is 12.6 Å². The summed E-state index contributed by atoms with van der Waals surface area (Å²) in [6.07, 6.45) is 1.88. The van der Waals surface area contributed by atoms with E-state index in [9.17, 15) is 10.1 Å². The van der Waals surface area contributed by atoms with Gasteiger partial charge in [0.2, 0.25) is 11.8 Å². The van der Waals surface area contributed by atoms with Gasteiger partial charge in [0.1, 0.15) is 6.20 Å². The Balaban J connectivity index is 2.13. The van der Waals surface area contributed by atoms with E-state index in [1.165, 1.54) is 4.88 Å². The Morgan fingerprint density at radius 1 is 1.63 bits per heavy atom. The molecule has 0 saturated carbocycles. The molecule has 3 N–H and O–H groups in total. The van der Waals surface area contributed by atoms with E-state index < -0.39 is 4.92 Å². The maximum Gasteiger partial charge on any atom is 0.329 e. The van der Waals surface area contributed by atoms with Gasteiger partial charge in [-0.1, -0.05) is 6.07 Å². The molecule has 0 spiro atoms. The molecule has 1 unspecified atom stereocenters. The number of aromatic nitrogens is 2. The first-order valence-corrected chi connectivity index (χ1v) is 6.50. The van der Waals surface area contributed by atoms with Crippen molar-refractivity contribution in [3.8, 4) is 0 Å². The van der Waals surface area contributed by atoms with Crippen molar-refractivity contribution in [1.82, 2.24) is 9.97 Å². The topological polar surface area (TPSA) is 107 Å². The monoisotopic (exact) mass is 279 g/mol. The fourth-order valence-corrected chi connectivity index (χ4v) is 2.48. The number of nitrogens with two attached hydrogens (primary N) is 1. The van der Waals surface area contributed by atoms with Crippen LogP contribution in [0.4, 0.5) is 17.5 Å². The van der Waals surface area contributed by atoms with Gasteiger partial charge in [-0.3, -0.25) is 10.1 Å². The number of nitro groups is 1. The number of nitrogens with zero attached hydrogens (tertiary/aromatic N) is 3. The van der Waals surface area contributed by atoms with Crippen LogP contribution in [0, 0.1) is 10.1 Å². The second kappa shape index (κ2) is 5.61. The summed E-state index contributed by atoms with van der Waals surface area (Å²) in [4.78, 5) is 19.1. The third kappa shape index (κ3) is 3.38. The second-order valence-electron chi connectivity index (χ2n) is 4.05. The summed E-state index contributed by atoms with van der Waals surface area (Å²) in [6, 6.07) is 4.00. The predicted octanol–water partition coefficient (Wildman–Crippen LogP) is 2.07. The molecule has 7 nitrogen and oxygen atoms in total. The minimum atomic E-state index is -0.528. The number of anilines is 2. The minimum absolute atomic E-state index is 0.00616. The van der Waals surface area contributed by atoms with Crippen LogP contribution in [0.2, 0.25) is 0 Å². The lowest BCUT2D eigenvalue weighted by Crippen LogP contribution is -2.19. The molecule has 0 amide bonds. The molecule has 2 aromatic rings. The molecule has 0 aromatic carbocycles. The summed E-state index contributed by atoms with van der Waals surface area (Å²) in [6.45, 7) is 1.93. The smallest absolute Gasteiger partial charge is 0.329 e. The Labute approximate surface area is 113 Å². The number of nitrogen functional groups attached to an aromatic ring is 1. The molecule has 0 fully saturated rings. The second-order valence-corrected chi connectivity index (χ2v) is 5.08. The standard InChI is InChI=1S/C11H13N5O2S/c1-7(5-8-3-2-4-19-8)14-10-9(16(17)18)6-13-11(12)15-10/h2-4,6-7H,5H2,1H3,(H3,12,13,14,15). The molecule has 0 aliphatic heterocycles. The fourth-order valence-electron chi connectivity index (χ4n) is 1.64. The van der Waals surface area contributed by atoms with Crippen molar-refractivity contribution >= 4 is 28.8 Å². The molecule has 0 aliphatic rings. The van der Waals surface area contributed by atoms with E-state index in [-0.39, 0.29) is 23.5 Å². The van der Waals surface area contributed by atoms with Crippen molar-refractivity contribution in [3.05, 3.63) is 38.7 Å². The molecule has 0 bridgehead atoms. The molecule has 2 rings (SSSR count). The molecule has 1 atom stereocenters. The van der Waals surface area contributed by atoms with Crippen molar-refractivity contribution in [2.45, 2.75) is 19.4 Å². The van der Waals surface area contributed by atoms with Crippen LogP contribution in [-0.4, -0.2) is 20.9 Å². The van der Waals surface area contributed by atoms with E-state index in [0.29, 0.717) is 0 Å². The van der Waals surface area contributed by atoms with Crippen LogP contribution in [0.15, 0.2) is 23.7 Å². The predicted molar refractivity (Wildman–Crippen MR) is 74.2 cm³/mol. The number of nitrogens with one attached hydrogen (secondary N) is 1. The van der Waals surface area contributed by atoms with Gasteiger partial charge in [0, 0.05) is 17.3 Å². The van der Waals surface area contributed by atoms with Crippen LogP contribution in [0.1, 0.15) is 11.8 Å². The van der Waals surface area contributed by atoms with Crippen LogP contribution >= 0.6 is 11.3 Å². The number of hydrogen-bond acceptors (Lipinski definition) is 7. The molecule has 0 radical (unpaired) electrons. The number of hydrogen-bond donors (Lipinski definition) is 2. The molecule has 19 heavy (non-hydrogen) atoms. The summed E-state index contributed by atoms with van der Waals surface area (Å²) >= 11 is 1.64. The summed E-state index contributed by atoms with van der Waals surface area (Å²) in [5.41, 5.74) is 5.28. The zero-order valence-corrected chi connectivity index (χ0v) is 11.1. The Morgan fingerprint density at radius 2 is 2.42 bits per heavy atom. The van der Waals surface area contributed by atoms with Gasteiger partial charge in [0.05, 0.1) is 4.92 Å². The van der Waals surface area contributed by atoms with Crippen LogP contribution in [0.3, 0.4) is 0 Å². The minimum Gasteiger partial charge on any atom is -0.368 e. The largest absolute Gasteiger partial charge is 0.368 e. The maximum absolute atomic E-state index is 10.9. The van der Waals surface area contributed by atoms with Crippen molar-refractivity contribution in [2.24, 2.45) is 0 Å². The first kappa shape index (κ1) is 13.2. The Morgan fingerprint density at radius 3 is 3.05 bits per heavy atom. The van der Waals surface area contributed by atoms with Gasteiger partial charge < -0.3 is 11.1 Å². The van der Waals surface area contributed by atoms with E-state index in [4.69, 9.17) is 5.73 Å². The highest BCUT2D eigenvalue weighted by molar-refractivity contribution is 7.09. The molecule has 100 valence electrons. The molecular weight excluding hydrogens is 266 g/mol. The molecule has 8 heteroatoms. The summed E-state index contributed by atoms with van der Waals surface area (Å²) in [5.74, 6) is 0.165. The quantitative estimate of drug-likeness (QED) is 0.641. The van der Waals surface area contributed by atoms with Gasteiger partial charge >= 0.3 is 5.69 Å². The van der Waals surface area contributed by atoms with E-state index in [1.54, 1.807) is 11.3 Å². The van der Waals surface area contributed by atoms with Crippen LogP contribution in [0.25, 0.3) is 0 Å². The Kier molecular flexibility index (Phi) is 3.91. The highest BCUT2D eigenvalue weighted by atomic mass is 32.1. The van der Waals surface area contributed by atoms with Gasteiger partial charge in [0.15, 0.2) is 0 Å². The van der Waals surface area contributed by atoms with Crippen molar-refractivity contribution < 1.29 is 4.92 Å². The number of rotatable bonds is 5. The normalized spacial score (nSPS) is 12.1. The SMILES string of the molecule is CC(Cc1cccs1)Nc1nc(N)ncc1[N+](=O)[O-]. The zero-order valence-electron chi connectivity index (χ0n) is 10.2. The van der Waals surface area contributed by atoms with Gasteiger partial charge in [-0.2, -0.15) is 4.98 Å². The van der Waals surface area contributed by atoms with E-state index in [2.05, 4.69) is 15.3 Å². The number of thiophene rings is 1. The van der Waals surface area contributed by atoms with Crippen molar-refractivity contribution in [2.75, 3.05) is 11.1 Å². The van der Waals surface area contributed by atoms with Gasteiger partial charge in [-0.15, -0.1) is 11.3 Å². The molecule has 0 saturated heterocycles. The van der Waals surface area contributed by atoms with Crippen LogP contribution < -0.4 is 11.1 Å². The van der Waals surface area contributed by atoms with Gasteiger partial charge in [-0.05, 0) is 18.4 Å². The van der Waals surface area contributed by atoms with Gasteiger partial charge in [-0.25, -0.2) is 4.98 Å². The Bertz CT molecular complexity index is 572. The highest BCUT2D eigenvalue weighted by Gasteiger charge is 2.18.